The predicted molar refractivity (Wildman–Crippen MR) is 112 cm³/mol. The lowest BCUT2D eigenvalue weighted by atomic mass is 9.91. The van der Waals surface area contributed by atoms with Crippen LogP contribution in [0.15, 0.2) is 12.3 Å². The molecule has 30 heavy (non-hydrogen) atoms. The number of nitrogens with one attached hydrogen (secondary N) is 1. The van der Waals surface area contributed by atoms with Gasteiger partial charge in [-0.2, -0.15) is 24.7 Å². The van der Waals surface area contributed by atoms with Gasteiger partial charge in [0.05, 0.1) is 17.0 Å². The first-order valence-electron chi connectivity index (χ1n) is 9.73. The maximum absolute atomic E-state index is 13.7. The third-order valence-electron chi connectivity index (χ3n) is 5.11. The smallest absolute Gasteiger partial charge is 0.242 e. The molecule has 3 aromatic rings. The lowest BCUT2D eigenvalue weighted by Gasteiger charge is -2.27. The Kier molecular flexibility index (Phi) is 4.89. The first kappa shape index (κ1) is 20.5. The molecule has 0 saturated heterocycles. The van der Waals surface area contributed by atoms with E-state index in [2.05, 4.69) is 50.0 Å². The number of halogens is 1. The van der Waals surface area contributed by atoms with Crippen LogP contribution in [0.3, 0.4) is 0 Å². The molecule has 1 N–H and O–H groups in total. The molecule has 9 nitrogen and oxygen atoms in total. The minimum Gasteiger partial charge on any atom is -0.364 e. The van der Waals surface area contributed by atoms with Crippen molar-refractivity contribution in [1.29, 1.82) is 0 Å². The van der Waals surface area contributed by atoms with Crippen molar-refractivity contribution in [2.75, 3.05) is 18.2 Å². The minimum atomic E-state index is -1.24. The van der Waals surface area contributed by atoms with Crippen LogP contribution in [-0.2, 0) is 14.9 Å². The summed E-state index contributed by atoms with van der Waals surface area (Å²) < 4.78 is 19.5. The van der Waals surface area contributed by atoms with Gasteiger partial charge in [-0.3, -0.25) is 14.8 Å². The zero-order valence-electron chi connectivity index (χ0n) is 17.7. The number of pyridine rings is 1. The molecule has 1 aliphatic heterocycles. The molecule has 0 aromatic carbocycles. The van der Waals surface area contributed by atoms with Crippen LogP contribution in [-0.4, -0.2) is 57.7 Å². The Balaban J connectivity index is 1.67. The number of rotatable bonds is 6. The molecule has 0 spiro atoms. The second-order valence-corrected chi connectivity index (χ2v) is 14.8. The van der Waals surface area contributed by atoms with Crippen molar-refractivity contribution in [2.45, 2.75) is 44.9 Å². The average molecular weight is 430 g/mol. The second kappa shape index (κ2) is 7.17. The van der Waals surface area contributed by atoms with Gasteiger partial charge in [0, 0.05) is 6.61 Å². The van der Waals surface area contributed by atoms with Crippen LogP contribution < -0.4 is 4.90 Å². The summed E-state index contributed by atoms with van der Waals surface area (Å²) in [6, 6.07) is 2.31. The van der Waals surface area contributed by atoms with Crippen molar-refractivity contribution in [2.24, 2.45) is 0 Å². The van der Waals surface area contributed by atoms with E-state index >= 15 is 0 Å². The van der Waals surface area contributed by atoms with E-state index in [1.807, 2.05) is 0 Å². The Hall–Kier alpha value is -2.79. The molecule has 1 amide bonds. The van der Waals surface area contributed by atoms with Crippen LogP contribution in [0, 0.1) is 5.82 Å². The fourth-order valence-electron chi connectivity index (χ4n) is 3.25. The van der Waals surface area contributed by atoms with Gasteiger partial charge < -0.3 is 4.74 Å². The number of ether oxygens (including phenoxy) is 1. The number of carbonyl (C=O) groups excluding carboxylic acids is 1. The van der Waals surface area contributed by atoms with Crippen LogP contribution in [0.2, 0.25) is 25.7 Å². The first-order chi connectivity index (χ1) is 14.1. The molecule has 0 unspecified atom stereocenters. The second-order valence-electron chi connectivity index (χ2n) is 9.14. The van der Waals surface area contributed by atoms with Gasteiger partial charge in [-0.1, -0.05) is 0 Å². The van der Waals surface area contributed by atoms with Gasteiger partial charge in [-0.15, -0.1) is 24.3 Å². The lowest BCUT2D eigenvalue weighted by molar-refractivity contribution is -0.123. The quantitative estimate of drug-likeness (QED) is 0.474. The van der Waals surface area contributed by atoms with E-state index in [0.717, 1.165) is 12.2 Å². The van der Waals surface area contributed by atoms with E-state index in [-0.39, 0.29) is 18.5 Å². The van der Waals surface area contributed by atoms with Gasteiger partial charge in [0.15, 0.2) is 11.5 Å². The molecule has 4 rings (SSSR count). The molecule has 1 aliphatic rings. The van der Waals surface area contributed by atoms with E-state index in [4.69, 9.17) is 4.74 Å². The molecule has 0 fully saturated rings. The molecule has 0 saturated carbocycles. The van der Waals surface area contributed by atoms with Crippen LogP contribution >= 0.6 is 0 Å². The number of hydrogen-bond donors (Lipinski definition) is 1. The molecule has 159 valence electrons. The Morgan fingerprint density at radius 2 is 2.03 bits per heavy atom. The molecule has 4 heterocycles. The molecular formula is C19H24FN7O2Si-. The molecule has 0 radical (unpaired) electrons. The zero-order chi connectivity index (χ0) is 21.7. The monoisotopic (exact) mass is 429 g/mol. The fourth-order valence-corrected chi connectivity index (χ4v) is 4.01. The van der Waals surface area contributed by atoms with E-state index in [1.54, 1.807) is 13.8 Å². The number of aromatic amines is 1. The molecule has 11 heteroatoms. The highest BCUT2D eigenvalue weighted by molar-refractivity contribution is 6.76. The number of hydrogen-bond acceptors (Lipinski definition) is 7. The Labute approximate surface area is 174 Å². The number of amides is 1. The average Bonchev–Trinajstić information content (AvgIpc) is 3.16. The molecule has 0 bridgehead atoms. The highest BCUT2D eigenvalue weighted by Gasteiger charge is 2.47. The molecule has 3 aromatic heterocycles. The number of nitrogens with zero attached hydrogens (tertiary/aromatic N) is 6. The van der Waals surface area contributed by atoms with E-state index in [1.165, 1.54) is 11.0 Å². The number of fused-ring (bicyclic) bond motifs is 2. The summed E-state index contributed by atoms with van der Waals surface area (Å²) in [6.07, 6.45) is 1.09. The molecular weight excluding hydrogens is 405 g/mol. The van der Waals surface area contributed by atoms with Crippen molar-refractivity contribution in [3.8, 4) is 11.5 Å². The summed E-state index contributed by atoms with van der Waals surface area (Å²) >= 11 is 0. The van der Waals surface area contributed by atoms with Crippen molar-refractivity contribution >= 4 is 30.8 Å². The number of carbonyl (C=O) groups is 1. The molecule has 0 aliphatic carbocycles. The van der Waals surface area contributed by atoms with Gasteiger partial charge in [0.2, 0.25) is 11.7 Å². The first-order valence-corrected chi connectivity index (χ1v) is 13.4. The summed E-state index contributed by atoms with van der Waals surface area (Å²) in [6.45, 7) is 11.1. The normalized spacial score (nSPS) is 15.8. The van der Waals surface area contributed by atoms with Gasteiger partial charge in [-0.05, 0) is 19.9 Å². The highest BCUT2D eigenvalue weighted by atomic mass is 28.3. The van der Waals surface area contributed by atoms with Crippen molar-refractivity contribution in [1.82, 2.24) is 30.4 Å². The Bertz CT molecular complexity index is 1130. The topological polar surface area (TPSA) is 110 Å². The summed E-state index contributed by atoms with van der Waals surface area (Å²) in [5, 5.41) is 15.7. The standard InChI is InChI=1S/C19H24FN7O2Si/c1-19(2)14-17(27(18(19)28)10-29-6-7-30(3,4)5)22-16(26-24-14)13-12-8-11(20)9-21-15(12)25-23-13/h8-9H,6-7,10H2,1-5H3,(H,21,23,25)/q-1. The Morgan fingerprint density at radius 1 is 1.27 bits per heavy atom. The van der Waals surface area contributed by atoms with E-state index < -0.39 is 19.3 Å². The zero-order valence-corrected chi connectivity index (χ0v) is 18.7. The van der Waals surface area contributed by atoms with Crippen LogP contribution in [0.1, 0.15) is 19.5 Å². The summed E-state index contributed by atoms with van der Waals surface area (Å²) in [4.78, 5) is 23.0. The SMILES string of the molecule is CC1(C)C(=O)N(COCC[Si-](C)(C)C)c2nc(-c3[nH]nc4ncc(F)cc34)nnc21. The van der Waals surface area contributed by atoms with Gasteiger partial charge in [-0.25, -0.2) is 14.4 Å². The Morgan fingerprint density at radius 3 is 2.77 bits per heavy atom. The lowest BCUT2D eigenvalue weighted by Crippen LogP contribution is -2.38. The summed E-state index contributed by atoms with van der Waals surface area (Å²) in [7, 11) is -1.24. The summed E-state index contributed by atoms with van der Waals surface area (Å²) in [5.41, 5.74) is 0.361. The number of H-pyrrole nitrogens is 1. The largest absolute Gasteiger partial charge is 0.364 e. The van der Waals surface area contributed by atoms with Gasteiger partial charge in [0.1, 0.15) is 23.9 Å². The van der Waals surface area contributed by atoms with E-state index in [9.17, 15) is 9.18 Å². The van der Waals surface area contributed by atoms with Crippen LogP contribution in [0.25, 0.3) is 22.6 Å². The van der Waals surface area contributed by atoms with Crippen LogP contribution in [0.5, 0.6) is 0 Å². The summed E-state index contributed by atoms with van der Waals surface area (Å²) in [5.74, 6) is -0.0315. The molecule has 0 atom stereocenters. The highest BCUT2D eigenvalue weighted by Crippen LogP contribution is 2.39. The van der Waals surface area contributed by atoms with Crippen molar-refractivity contribution < 1.29 is 13.9 Å². The van der Waals surface area contributed by atoms with Crippen molar-refractivity contribution in [3.05, 3.63) is 23.8 Å². The maximum Gasteiger partial charge on any atom is 0.242 e. The van der Waals surface area contributed by atoms with Crippen molar-refractivity contribution in [3.63, 3.8) is 0 Å². The number of anilines is 1. The van der Waals surface area contributed by atoms with Crippen LogP contribution in [0.4, 0.5) is 10.2 Å². The number of aromatic nitrogens is 6. The third kappa shape index (κ3) is 3.58. The van der Waals surface area contributed by atoms with E-state index in [0.29, 0.717) is 34.8 Å². The van der Waals surface area contributed by atoms with Gasteiger partial charge >= 0.3 is 0 Å². The third-order valence-corrected chi connectivity index (χ3v) is 6.82. The van der Waals surface area contributed by atoms with Gasteiger partial charge in [0.25, 0.3) is 0 Å². The maximum atomic E-state index is 13.7. The fraction of sp³-hybridized carbons (Fsp3) is 0.474. The predicted octanol–water partition coefficient (Wildman–Crippen LogP) is 2.89. The minimum absolute atomic E-state index is 0.0950.